The molecule has 158 valence electrons. The molecule has 0 bridgehead atoms. The Morgan fingerprint density at radius 1 is 0.806 bits per heavy atom. The molecule has 0 saturated carbocycles. The van der Waals surface area contributed by atoms with Gasteiger partial charge in [-0.3, -0.25) is 9.59 Å². The lowest BCUT2D eigenvalue weighted by Gasteiger charge is -2.24. The van der Waals surface area contributed by atoms with Crippen LogP contribution in [-0.4, -0.2) is 26.0 Å². The summed E-state index contributed by atoms with van der Waals surface area (Å²) in [6, 6.07) is 15.7. The fraction of sp³-hybridized carbons (Fsp3) is 0.167. The van der Waals surface area contributed by atoms with E-state index >= 15 is 0 Å². The SMILES string of the molecule is Cc1ccc(S(=O)(=O)Oc2ccc(NC(C)C)c3c2C(=O)c2ccccc2C3=O)cc1. The second kappa shape index (κ2) is 7.67. The quantitative estimate of drug-likeness (QED) is 0.469. The number of benzene rings is 3. The largest absolute Gasteiger partial charge is 0.382 e. The maximum Gasteiger partial charge on any atom is 0.339 e. The van der Waals surface area contributed by atoms with Gasteiger partial charge in [0, 0.05) is 22.9 Å². The summed E-state index contributed by atoms with van der Waals surface area (Å²) in [6.45, 7) is 5.65. The lowest BCUT2D eigenvalue weighted by atomic mass is 9.82. The van der Waals surface area contributed by atoms with E-state index in [1.165, 1.54) is 18.2 Å². The minimum atomic E-state index is -4.20. The average molecular weight is 436 g/mol. The molecule has 0 atom stereocenters. The van der Waals surface area contributed by atoms with Crippen LogP contribution in [0.5, 0.6) is 5.75 Å². The first-order valence-corrected chi connectivity index (χ1v) is 11.2. The van der Waals surface area contributed by atoms with Crippen LogP contribution in [0.3, 0.4) is 0 Å². The van der Waals surface area contributed by atoms with E-state index in [4.69, 9.17) is 4.18 Å². The monoisotopic (exact) mass is 435 g/mol. The predicted octanol–water partition coefficient (Wildman–Crippen LogP) is 4.36. The van der Waals surface area contributed by atoms with Crippen molar-refractivity contribution in [2.24, 2.45) is 0 Å². The molecule has 6 nitrogen and oxygen atoms in total. The van der Waals surface area contributed by atoms with Crippen molar-refractivity contribution < 1.29 is 22.2 Å². The van der Waals surface area contributed by atoms with E-state index in [0.29, 0.717) is 5.69 Å². The molecule has 1 N–H and O–H groups in total. The van der Waals surface area contributed by atoms with E-state index in [9.17, 15) is 18.0 Å². The molecule has 4 rings (SSSR count). The molecule has 31 heavy (non-hydrogen) atoms. The Balaban J connectivity index is 1.88. The minimum absolute atomic E-state index is 0.00719. The fourth-order valence-corrected chi connectivity index (χ4v) is 4.51. The number of hydrogen-bond donors (Lipinski definition) is 1. The number of aryl methyl sites for hydroxylation is 1. The summed E-state index contributed by atoms with van der Waals surface area (Å²) in [5, 5.41) is 3.16. The molecule has 7 heteroatoms. The number of hydrogen-bond acceptors (Lipinski definition) is 6. The molecule has 0 unspecified atom stereocenters. The molecular weight excluding hydrogens is 414 g/mol. The van der Waals surface area contributed by atoms with Crippen LogP contribution in [0.25, 0.3) is 0 Å². The molecule has 0 amide bonds. The van der Waals surface area contributed by atoms with Crippen molar-refractivity contribution in [3.05, 3.63) is 88.5 Å². The van der Waals surface area contributed by atoms with E-state index in [1.807, 2.05) is 20.8 Å². The Labute approximate surface area is 181 Å². The van der Waals surface area contributed by atoms with Crippen molar-refractivity contribution in [2.45, 2.75) is 31.7 Å². The summed E-state index contributed by atoms with van der Waals surface area (Å²) < 4.78 is 31.1. The van der Waals surface area contributed by atoms with Crippen molar-refractivity contribution in [1.82, 2.24) is 0 Å². The van der Waals surface area contributed by atoms with E-state index in [2.05, 4.69) is 5.32 Å². The third-order valence-electron chi connectivity index (χ3n) is 4.99. The van der Waals surface area contributed by atoms with Crippen molar-refractivity contribution >= 4 is 27.4 Å². The molecule has 0 fully saturated rings. The molecule has 3 aromatic carbocycles. The zero-order valence-corrected chi connectivity index (χ0v) is 18.1. The Kier molecular flexibility index (Phi) is 5.15. The molecule has 0 heterocycles. The molecule has 0 aromatic heterocycles. The van der Waals surface area contributed by atoms with Crippen LogP contribution in [0, 0.1) is 6.92 Å². The van der Waals surface area contributed by atoms with Crippen LogP contribution < -0.4 is 9.50 Å². The van der Waals surface area contributed by atoms with Crippen molar-refractivity contribution in [3.63, 3.8) is 0 Å². The lowest BCUT2D eigenvalue weighted by molar-refractivity contribution is 0.0978. The third-order valence-corrected chi connectivity index (χ3v) is 6.24. The van der Waals surface area contributed by atoms with Gasteiger partial charge in [-0.25, -0.2) is 0 Å². The van der Waals surface area contributed by atoms with Gasteiger partial charge in [-0.2, -0.15) is 8.42 Å². The molecule has 0 spiro atoms. The Bertz CT molecular complexity index is 1310. The Hall–Kier alpha value is -3.45. The van der Waals surface area contributed by atoms with Gasteiger partial charge in [0.05, 0.1) is 11.1 Å². The maximum absolute atomic E-state index is 13.3. The van der Waals surface area contributed by atoms with Crippen LogP contribution in [0.15, 0.2) is 65.6 Å². The lowest BCUT2D eigenvalue weighted by Crippen LogP contribution is -2.25. The first-order chi connectivity index (χ1) is 14.7. The van der Waals surface area contributed by atoms with Gasteiger partial charge < -0.3 is 9.50 Å². The van der Waals surface area contributed by atoms with E-state index < -0.39 is 15.9 Å². The highest BCUT2D eigenvalue weighted by Gasteiger charge is 2.35. The van der Waals surface area contributed by atoms with E-state index in [-0.39, 0.29) is 44.7 Å². The summed E-state index contributed by atoms with van der Waals surface area (Å²) >= 11 is 0. The molecule has 3 aromatic rings. The molecule has 0 saturated heterocycles. The zero-order valence-electron chi connectivity index (χ0n) is 17.3. The summed E-state index contributed by atoms with van der Waals surface area (Å²) in [6.07, 6.45) is 0. The van der Waals surface area contributed by atoms with Gasteiger partial charge >= 0.3 is 10.1 Å². The van der Waals surface area contributed by atoms with Crippen LogP contribution >= 0.6 is 0 Å². The average Bonchev–Trinajstić information content (AvgIpc) is 2.72. The second-order valence-electron chi connectivity index (χ2n) is 7.71. The van der Waals surface area contributed by atoms with Gasteiger partial charge in [0.15, 0.2) is 17.3 Å². The number of carbonyl (C=O) groups excluding carboxylic acids is 2. The van der Waals surface area contributed by atoms with Crippen molar-refractivity contribution in [1.29, 1.82) is 0 Å². The Morgan fingerprint density at radius 2 is 1.39 bits per heavy atom. The highest BCUT2D eigenvalue weighted by molar-refractivity contribution is 7.87. The van der Waals surface area contributed by atoms with E-state index in [1.54, 1.807) is 42.5 Å². The number of ketones is 2. The Morgan fingerprint density at radius 3 is 1.97 bits per heavy atom. The first-order valence-electron chi connectivity index (χ1n) is 9.82. The van der Waals surface area contributed by atoms with Gasteiger partial charge in [-0.15, -0.1) is 0 Å². The summed E-state index contributed by atoms with van der Waals surface area (Å²) in [7, 11) is -4.20. The van der Waals surface area contributed by atoms with Crippen molar-refractivity contribution in [3.8, 4) is 5.75 Å². The minimum Gasteiger partial charge on any atom is -0.382 e. The number of nitrogens with one attached hydrogen (secondary N) is 1. The first kappa shape index (κ1) is 20.8. The van der Waals surface area contributed by atoms with Crippen LogP contribution in [0.1, 0.15) is 51.3 Å². The van der Waals surface area contributed by atoms with Crippen molar-refractivity contribution in [2.75, 3.05) is 5.32 Å². The predicted molar refractivity (Wildman–Crippen MR) is 118 cm³/mol. The summed E-state index contributed by atoms with van der Waals surface area (Å²) in [5.41, 5.74) is 1.93. The molecule has 1 aliphatic rings. The topological polar surface area (TPSA) is 89.5 Å². The molecular formula is C24H21NO5S. The standard InChI is InChI=1S/C24H21NO5S/c1-14(2)25-19-12-13-20(30-31(28,29)16-10-8-15(3)9-11-16)22-21(19)23(26)17-6-4-5-7-18(17)24(22)27/h4-14,25H,1-3H3. The summed E-state index contributed by atoms with van der Waals surface area (Å²) in [4.78, 5) is 26.6. The highest BCUT2D eigenvalue weighted by Crippen LogP contribution is 2.38. The van der Waals surface area contributed by atoms with Gasteiger partial charge in [0.25, 0.3) is 0 Å². The van der Waals surface area contributed by atoms with Gasteiger partial charge in [-0.1, -0.05) is 42.0 Å². The van der Waals surface area contributed by atoms with Crippen LogP contribution in [0.4, 0.5) is 5.69 Å². The van der Waals surface area contributed by atoms with Gasteiger partial charge in [0.1, 0.15) is 4.90 Å². The fourth-order valence-electron chi connectivity index (χ4n) is 3.57. The van der Waals surface area contributed by atoms with Crippen LogP contribution in [0.2, 0.25) is 0 Å². The third kappa shape index (κ3) is 3.72. The zero-order chi connectivity index (χ0) is 22.3. The molecule has 1 aliphatic carbocycles. The number of anilines is 1. The highest BCUT2D eigenvalue weighted by atomic mass is 32.2. The van der Waals surface area contributed by atoms with Gasteiger partial charge in [-0.05, 0) is 45.0 Å². The molecule has 0 aliphatic heterocycles. The smallest absolute Gasteiger partial charge is 0.339 e. The normalized spacial score (nSPS) is 13.0. The molecule has 0 radical (unpaired) electrons. The van der Waals surface area contributed by atoms with E-state index in [0.717, 1.165) is 5.56 Å². The maximum atomic E-state index is 13.3. The van der Waals surface area contributed by atoms with Crippen LogP contribution in [-0.2, 0) is 10.1 Å². The number of fused-ring (bicyclic) bond motifs is 2. The number of rotatable bonds is 5. The second-order valence-corrected chi connectivity index (χ2v) is 9.26. The number of carbonyl (C=O) groups is 2. The summed E-state index contributed by atoms with van der Waals surface area (Å²) in [5.74, 6) is -0.976. The van der Waals surface area contributed by atoms with Gasteiger partial charge in [0.2, 0.25) is 0 Å².